The first kappa shape index (κ1) is 24.8. The van der Waals surface area contributed by atoms with Gasteiger partial charge in [-0.1, -0.05) is 71.1 Å². The Hall–Kier alpha value is -3.53. The van der Waals surface area contributed by atoms with Gasteiger partial charge in [-0.3, -0.25) is 14.4 Å². The summed E-state index contributed by atoms with van der Waals surface area (Å²) in [5.74, 6) is -0.723. The van der Waals surface area contributed by atoms with E-state index in [9.17, 15) is 14.4 Å². The fourth-order valence-electron chi connectivity index (χ4n) is 4.99. The topological polar surface area (TPSA) is 88.7 Å². The molecule has 0 aliphatic carbocycles. The Morgan fingerprint density at radius 2 is 1.76 bits per heavy atom. The van der Waals surface area contributed by atoms with E-state index in [0.717, 1.165) is 27.3 Å². The monoisotopic (exact) mass is 564 g/mol. The molecule has 192 valence electrons. The molecule has 6 rings (SSSR count). The molecule has 3 unspecified atom stereocenters. The Morgan fingerprint density at radius 3 is 2.53 bits per heavy atom. The molecule has 0 bridgehead atoms. The second-order valence-electron chi connectivity index (χ2n) is 8.93. The Labute approximate surface area is 231 Å². The molecule has 10 heteroatoms. The molecule has 1 fully saturated rings. The summed E-state index contributed by atoms with van der Waals surface area (Å²) >= 11 is 8.41. The molecule has 2 amide bonds. The van der Waals surface area contributed by atoms with Crippen LogP contribution in [0.4, 0.5) is 5.69 Å². The summed E-state index contributed by atoms with van der Waals surface area (Å²) in [5, 5.41) is 0.595. The number of nitrogens with zero attached hydrogens (tertiary/aromatic N) is 1. The highest BCUT2D eigenvalue weighted by Gasteiger charge is 2.56. The molecule has 3 aromatic carbocycles. The van der Waals surface area contributed by atoms with Crippen molar-refractivity contribution in [2.45, 2.75) is 22.8 Å². The summed E-state index contributed by atoms with van der Waals surface area (Å²) in [5.41, 5.74) is 2.21. The molecule has 2 aliphatic heterocycles. The molecule has 0 saturated carbocycles. The highest BCUT2D eigenvalue weighted by Crippen LogP contribution is 2.53. The predicted molar refractivity (Wildman–Crippen MR) is 148 cm³/mol. The van der Waals surface area contributed by atoms with Crippen molar-refractivity contribution in [3.8, 4) is 11.5 Å². The van der Waals surface area contributed by atoms with E-state index in [4.69, 9.17) is 21.1 Å². The minimum Gasteiger partial charge on any atom is -0.493 e. The van der Waals surface area contributed by atoms with E-state index in [1.165, 1.54) is 16.7 Å². The molecule has 0 radical (unpaired) electrons. The van der Waals surface area contributed by atoms with Crippen LogP contribution in [0.2, 0.25) is 5.02 Å². The van der Waals surface area contributed by atoms with Gasteiger partial charge in [-0.15, -0.1) is 0 Å². The Balaban J connectivity index is 1.38. The number of carbonyl (C=O) groups is 2. The fourth-order valence-corrected chi connectivity index (χ4v) is 7.72. The Bertz CT molecular complexity index is 1600. The zero-order valence-corrected chi connectivity index (χ0v) is 22.4. The van der Waals surface area contributed by atoms with Crippen LogP contribution in [-0.2, 0) is 16.2 Å². The summed E-state index contributed by atoms with van der Waals surface area (Å²) < 4.78 is 11.7. The number of amides is 2. The molecule has 1 aromatic heterocycles. The number of hydrogen-bond donors (Lipinski definition) is 1. The number of methoxy groups -OCH3 is 1. The van der Waals surface area contributed by atoms with Gasteiger partial charge in [0.2, 0.25) is 11.8 Å². The average molecular weight is 565 g/mol. The van der Waals surface area contributed by atoms with Crippen molar-refractivity contribution >= 4 is 52.2 Å². The molecular weight excluding hydrogens is 544 g/mol. The smallest absolute Gasteiger partial charge is 0.305 e. The van der Waals surface area contributed by atoms with Crippen LogP contribution in [0.3, 0.4) is 0 Å². The first-order valence-corrected chi connectivity index (χ1v) is 13.9. The van der Waals surface area contributed by atoms with Gasteiger partial charge in [0.1, 0.15) is 11.9 Å². The predicted octanol–water partition coefficient (Wildman–Crippen LogP) is 5.47. The minimum absolute atomic E-state index is 0.222. The van der Waals surface area contributed by atoms with E-state index in [1.54, 1.807) is 43.5 Å². The van der Waals surface area contributed by atoms with Gasteiger partial charge < -0.3 is 14.5 Å². The number of carbonyl (C=O) groups excluding carboxylic acids is 2. The van der Waals surface area contributed by atoms with Gasteiger partial charge in [-0.05, 0) is 47.5 Å². The average Bonchev–Trinajstić information content (AvgIpc) is 3.42. The first-order valence-electron chi connectivity index (χ1n) is 11.8. The Kier molecular flexibility index (Phi) is 6.51. The number of imide groups is 1. The van der Waals surface area contributed by atoms with Crippen molar-refractivity contribution in [1.29, 1.82) is 0 Å². The maximum Gasteiger partial charge on any atom is 0.305 e. The third-order valence-electron chi connectivity index (χ3n) is 6.67. The lowest BCUT2D eigenvalue weighted by Gasteiger charge is -2.30. The van der Waals surface area contributed by atoms with Crippen molar-refractivity contribution < 1.29 is 19.1 Å². The molecule has 2 aliphatic rings. The number of benzene rings is 3. The SMILES string of the molecule is COc1cc(C2c3sc(=O)[nH]c3SC3C(=O)N(c4ccccc4)C(=O)C32)ccc1OCc1cccc(Cl)c1. The Morgan fingerprint density at radius 1 is 0.947 bits per heavy atom. The van der Waals surface area contributed by atoms with Crippen LogP contribution < -0.4 is 19.2 Å². The van der Waals surface area contributed by atoms with Gasteiger partial charge in [-0.25, -0.2) is 4.90 Å². The van der Waals surface area contributed by atoms with Crippen molar-refractivity contribution in [1.82, 2.24) is 4.98 Å². The molecule has 0 spiro atoms. The van der Waals surface area contributed by atoms with Crippen molar-refractivity contribution in [3.05, 3.63) is 103 Å². The van der Waals surface area contributed by atoms with Gasteiger partial charge in [0.25, 0.3) is 0 Å². The molecule has 7 nitrogen and oxygen atoms in total. The highest BCUT2D eigenvalue weighted by atomic mass is 35.5. The quantitative estimate of drug-likeness (QED) is 0.312. The van der Waals surface area contributed by atoms with Crippen LogP contribution in [0.15, 0.2) is 82.6 Å². The number of thiazole rings is 1. The lowest BCUT2D eigenvalue weighted by Crippen LogP contribution is -2.32. The van der Waals surface area contributed by atoms with E-state index in [-0.39, 0.29) is 16.7 Å². The summed E-state index contributed by atoms with van der Waals surface area (Å²) in [6.45, 7) is 0.295. The first-order chi connectivity index (χ1) is 18.4. The van der Waals surface area contributed by atoms with Crippen LogP contribution in [0.1, 0.15) is 21.9 Å². The molecule has 4 aromatic rings. The number of para-hydroxylation sites is 1. The van der Waals surface area contributed by atoms with E-state index in [0.29, 0.717) is 33.8 Å². The number of halogens is 1. The number of rotatable bonds is 6. The van der Waals surface area contributed by atoms with Crippen LogP contribution >= 0.6 is 34.7 Å². The van der Waals surface area contributed by atoms with Crippen LogP contribution in [0.5, 0.6) is 11.5 Å². The van der Waals surface area contributed by atoms with Gasteiger partial charge in [-0.2, -0.15) is 0 Å². The molecule has 1 N–H and O–H groups in total. The molecule has 1 saturated heterocycles. The third kappa shape index (κ3) is 4.30. The van der Waals surface area contributed by atoms with E-state index >= 15 is 0 Å². The van der Waals surface area contributed by atoms with Crippen molar-refractivity contribution in [3.63, 3.8) is 0 Å². The summed E-state index contributed by atoms with van der Waals surface area (Å²) in [4.78, 5) is 44.3. The van der Waals surface area contributed by atoms with Gasteiger partial charge >= 0.3 is 4.87 Å². The van der Waals surface area contributed by atoms with Crippen LogP contribution in [0, 0.1) is 5.92 Å². The summed E-state index contributed by atoms with van der Waals surface area (Å²) in [6, 6.07) is 21.8. The number of anilines is 1. The zero-order chi connectivity index (χ0) is 26.4. The lowest BCUT2D eigenvalue weighted by molar-refractivity contribution is -0.122. The molecule has 3 heterocycles. The molecule has 3 atom stereocenters. The van der Waals surface area contributed by atoms with E-state index in [1.807, 2.05) is 36.4 Å². The number of thioether (sulfide) groups is 1. The number of aromatic nitrogens is 1. The highest BCUT2D eigenvalue weighted by molar-refractivity contribution is 8.00. The number of hydrogen-bond acceptors (Lipinski definition) is 7. The van der Waals surface area contributed by atoms with Gasteiger partial charge in [0, 0.05) is 15.8 Å². The van der Waals surface area contributed by atoms with Crippen LogP contribution in [-0.4, -0.2) is 29.2 Å². The maximum atomic E-state index is 13.8. The van der Waals surface area contributed by atoms with Gasteiger partial charge in [0.15, 0.2) is 11.5 Å². The zero-order valence-electron chi connectivity index (χ0n) is 20.1. The number of aromatic amines is 1. The second kappa shape index (κ2) is 9.98. The normalized spacial score (nSPS) is 20.3. The summed E-state index contributed by atoms with van der Waals surface area (Å²) in [7, 11) is 1.55. The van der Waals surface area contributed by atoms with E-state index < -0.39 is 17.1 Å². The van der Waals surface area contributed by atoms with Gasteiger partial charge in [0.05, 0.1) is 23.7 Å². The fraction of sp³-hybridized carbons (Fsp3) is 0.179. The standard InChI is InChI=1S/C28H21ClN2O5S2/c1-35-20-13-16(10-11-19(20)36-14-15-6-5-7-17(29)12-15)21-22-24(37-25-23(21)38-28(34)30-25)27(33)31(26(22)32)18-8-3-2-4-9-18/h2-13,21-22,24H,14H2,1H3,(H,30,34). The molecule has 38 heavy (non-hydrogen) atoms. The van der Waals surface area contributed by atoms with Crippen LogP contribution in [0.25, 0.3) is 0 Å². The number of fused-ring (bicyclic) bond motifs is 2. The number of ether oxygens (including phenoxy) is 2. The van der Waals surface area contributed by atoms with Crippen molar-refractivity contribution in [2.24, 2.45) is 5.92 Å². The molecular formula is C28H21ClN2O5S2. The number of H-pyrrole nitrogens is 1. The number of nitrogens with one attached hydrogen (secondary N) is 1. The van der Waals surface area contributed by atoms with E-state index in [2.05, 4.69) is 4.98 Å². The second-order valence-corrected chi connectivity index (χ2v) is 11.5. The van der Waals surface area contributed by atoms with Crippen molar-refractivity contribution in [2.75, 3.05) is 12.0 Å². The third-order valence-corrected chi connectivity index (χ3v) is 9.30. The summed E-state index contributed by atoms with van der Waals surface area (Å²) in [6.07, 6.45) is 0. The largest absolute Gasteiger partial charge is 0.493 e. The minimum atomic E-state index is -0.672. The maximum absolute atomic E-state index is 13.8. The lowest BCUT2D eigenvalue weighted by atomic mass is 9.83.